The zero-order valence-corrected chi connectivity index (χ0v) is 15.5. The molecule has 0 amide bonds. The minimum Gasteiger partial charge on any atom is -0.508 e. The molecule has 0 unspecified atom stereocenters. The molecule has 1 aromatic rings. The fraction of sp³-hybridized carbons (Fsp3) is 0.647. The second kappa shape index (κ2) is 7.11. The van der Waals surface area contributed by atoms with Gasteiger partial charge in [-0.1, -0.05) is 26.8 Å². The smallest absolute Gasteiger partial charge is 0.192 e. The minimum atomic E-state index is -1.92. The summed E-state index contributed by atoms with van der Waals surface area (Å²) in [7, 11) is -1.92. The van der Waals surface area contributed by atoms with Gasteiger partial charge in [-0.25, -0.2) is 4.39 Å². The molecule has 0 saturated heterocycles. The van der Waals surface area contributed by atoms with Gasteiger partial charge in [0.1, 0.15) is 11.6 Å². The van der Waals surface area contributed by atoms with Gasteiger partial charge in [-0.3, -0.25) is 0 Å². The fourth-order valence-corrected chi connectivity index (χ4v) is 3.45. The van der Waals surface area contributed by atoms with Crippen LogP contribution in [0.4, 0.5) is 4.39 Å². The van der Waals surface area contributed by atoms with E-state index < -0.39 is 20.2 Å². The molecule has 0 heterocycles. The van der Waals surface area contributed by atoms with E-state index in [0.29, 0.717) is 18.4 Å². The van der Waals surface area contributed by atoms with Crippen LogP contribution in [0.15, 0.2) is 18.2 Å². The summed E-state index contributed by atoms with van der Waals surface area (Å²) in [5.41, 5.74) is 0.639. The number of aliphatic hydroxyl groups is 1. The van der Waals surface area contributed by atoms with Crippen LogP contribution in [0.1, 0.15) is 39.7 Å². The summed E-state index contributed by atoms with van der Waals surface area (Å²) >= 11 is 0. The third-order valence-electron chi connectivity index (χ3n) is 4.59. The van der Waals surface area contributed by atoms with Gasteiger partial charge >= 0.3 is 0 Å². The minimum absolute atomic E-state index is 0.0647. The van der Waals surface area contributed by atoms with Crippen LogP contribution in [0.25, 0.3) is 0 Å². The maximum atomic E-state index is 12.9. The number of aryl methyl sites for hydroxylation is 1. The van der Waals surface area contributed by atoms with Gasteiger partial charge in [0.05, 0.1) is 12.2 Å². The van der Waals surface area contributed by atoms with Gasteiger partial charge in [-0.15, -0.1) is 0 Å². The second-order valence-electron chi connectivity index (χ2n) is 7.46. The SMILES string of the molecule is C[C@H](O[Si](C)(C)C(C)(C)C)[C@@H](O)CCc1ccc(F)cc1O. The van der Waals surface area contributed by atoms with Crippen LogP contribution in [-0.2, 0) is 10.8 Å². The summed E-state index contributed by atoms with van der Waals surface area (Å²) in [5.74, 6) is -0.526. The van der Waals surface area contributed by atoms with Crippen molar-refractivity contribution in [3.8, 4) is 5.75 Å². The number of rotatable bonds is 6. The maximum absolute atomic E-state index is 12.9. The van der Waals surface area contributed by atoms with E-state index >= 15 is 0 Å². The fourth-order valence-electron chi connectivity index (χ4n) is 2.01. The lowest BCUT2D eigenvalue weighted by Gasteiger charge is -2.39. The van der Waals surface area contributed by atoms with Crippen LogP contribution < -0.4 is 0 Å². The first-order valence-electron chi connectivity index (χ1n) is 7.77. The monoisotopic (exact) mass is 328 g/mol. The van der Waals surface area contributed by atoms with E-state index in [-0.39, 0.29) is 16.9 Å². The molecule has 3 nitrogen and oxygen atoms in total. The Labute approximate surface area is 134 Å². The quantitative estimate of drug-likeness (QED) is 0.768. The summed E-state index contributed by atoms with van der Waals surface area (Å²) in [6.07, 6.45) is 0.0788. The molecule has 0 aliphatic carbocycles. The Morgan fingerprint density at radius 1 is 1.27 bits per heavy atom. The predicted molar refractivity (Wildman–Crippen MR) is 90.1 cm³/mol. The molecule has 0 aliphatic heterocycles. The zero-order valence-electron chi connectivity index (χ0n) is 14.5. The molecule has 0 aliphatic rings. The van der Waals surface area contributed by atoms with Crippen molar-refractivity contribution in [1.82, 2.24) is 0 Å². The van der Waals surface area contributed by atoms with Gasteiger partial charge in [-0.2, -0.15) is 0 Å². The van der Waals surface area contributed by atoms with Crippen molar-refractivity contribution in [2.24, 2.45) is 0 Å². The second-order valence-corrected chi connectivity index (χ2v) is 12.2. The summed E-state index contributed by atoms with van der Waals surface area (Å²) in [5, 5.41) is 20.1. The number of hydrogen-bond donors (Lipinski definition) is 2. The molecule has 0 bridgehead atoms. The number of phenols is 1. The van der Waals surface area contributed by atoms with Crippen molar-refractivity contribution in [3.63, 3.8) is 0 Å². The Morgan fingerprint density at radius 2 is 1.86 bits per heavy atom. The summed E-state index contributed by atoms with van der Waals surface area (Å²) in [6.45, 7) is 12.7. The van der Waals surface area contributed by atoms with Crippen molar-refractivity contribution >= 4 is 8.32 Å². The van der Waals surface area contributed by atoms with Crippen LogP contribution in [0.3, 0.4) is 0 Å². The summed E-state index contributed by atoms with van der Waals surface area (Å²) < 4.78 is 19.1. The van der Waals surface area contributed by atoms with Crippen LogP contribution in [0.2, 0.25) is 18.1 Å². The first kappa shape index (κ1) is 19.1. The highest BCUT2D eigenvalue weighted by Gasteiger charge is 2.39. The molecule has 0 radical (unpaired) electrons. The molecule has 0 fully saturated rings. The van der Waals surface area contributed by atoms with Crippen LogP contribution in [-0.4, -0.2) is 30.7 Å². The Bertz CT molecular complexity index is 497. The van der Waals surface area contributed by atoms with Crippen LogP contribution in [0, 0.1) is 5.82 Å². The van der Waals surface area contributed by atoms with Crippen molar-refractivity contribution < 1.29 is 19.0 Å². The van der Waals surface area contributed by atoms with E-state index in [1.54, 1.807) is 6.07 Å². The molecular formula is C17H29FO3Si. The molecular weight excluding hydrogens is 299 g/mol. The lowest BCUT2D eigenvalue weighted by Crippen LogP contribution is -2.46. The van der Waals surface area contributed by atoms with Crippen LogP contribution in [0.5, 0.6) is 5.75 Å². The van der Waals surface area contributed by atoms with E-state index in [1.165, 1.54) is 6.07 Å². The Balaban J connectivity index is 2.59. The maximum Gasteiger partial charge on any atom is 0.192 e. The number of aliphatic hydroxyl groups excluding tert-OH is 1. The highest BCUT2D eigenvalue weighted by molar-refractivity contribution is 6.74. The summed E-state index contributed by atoms with van der Waals surface area (Å²) in [6, 6.07) is 3.96. The zero-order chi connectivity index (χ0) is 17.1. The standard InChI is InChI=1S/C17H29FO3Si/c1-12(21-22(5,6)17(2,3)4)15(19)10-8-13-7-9-14(18)11-16(13)20/h7,9,11-12,15,19-20H,8,10H2,1-6H3/t12-,15-/m0/s1. The predicted octanol–water partition coefficient (Wildman–Crippen LogP) is 4.24. The number of hydrogen-bond acceptors (Lipinski definition) is 3. The Hall–Kier alpha value is -0.913. The van der Waals surface area contributed by atoms with Crippen molar-refractivity contribution in [2.75, 3.05) is 0 Å². The lowest BCUT2D eigenvalue weighted by atomic mass is 10.0. The van der Waals surface area contributed by atoms with Gasteiger partial charge in [-0.05, 0) is 49.5 Å². The Morgan fingerprint density at radius 3 is 2.36 bits per heavy atom. The number of aromatic hydroxyl groups is 1. The van der Waals surface area contributed by atoms with Gasteiger partial charge < -0.3 is 14.6 Å². The lowest BCUT2D eigenvalue weighted by molar-refractivity contribution is 0.0336. The first-order valence-corrected chi connectivity index (χ1v) is 10.7. The normalized spacial score (nSPS) is 15.6. The topological polar surface area (TPSA) is 49.7 Å². The first-order chi connectivity index (χ1) is 9.94. The molecule has 1 rings (SSSR count). The van der Waals surface area contributed by atoms with Crippen molar-refractivity contribution in [2.45, 2.75) is 70.9 Å². The molecule has 22 heavy (non-hydrogen) atoms. The third kappa shape index (κ3) is 5.07. The highest BCUT2D eigenvalue weighted by Crippen LogP contribution is 2.37. The van der Waals surface area contributed by atoms with E-state index in [1.807, 2.05) is 6.92 Å². The molecule has 2 N–H and O–H groups in total. The molecule has 1 aromatic carbocycles. The Kier molecular flexibility index (Phi) is 6.18. The average Bonchev–Trinajstić information content (AvgIpc) is 2.35. The van der Waals surface area contributed by atoms with E-state index in [2.05, 4.69) is 33.9 Å². The summed E-state index contributed by atoms with van der Waals surface area (Å²) in [4.78, 5) is 0. The average molecular weight is 328 g/mol. The van der Waals surface area contributed by atoms with Crippen molar-refractivity contribution in [3.05, 3.63) is 29.6 Å². The molecule has 2 atom stereocenters. The molecule has 0 saturated carbocycles. The van der Waals surface area contributed by atoms with Gasteiger partial charge in [0.15, 0.2) is 8.32 Å². The largest absolute Gasteiger partial charge is 0.508 e. The molecule has 126 valence electrons. The van der Waals surface area contributed by atoms with Crippen LogP contribution >= 0.6 is 0 Å². The highest BCUT2D eigenvalue weighted by atomic mass is 28.4. The van der Waals surface area contributed by atoms with Crippen molar-refractivity contribution in [1.29, 1.82) is 0 Å². The van der Waals surface area contributed by atoms with Gasteiger partial charge in [0.25, 0.3) is 0 Å². The molecule has 0 aromatic heterocycles. The van der Waals surface area contributed by atoms with E-state index in [4.69, 9.17) is 4.43 Å². The van der Waals surface area contributed by atoms with Gasteiger partial charge in [0, 0.05) is 6.07 Å². The van der Waals surface area contributed by atoms with E-state index in [0.717, 1.165) is 6.07 Å². The molecule has 5 heteroatoms. The molecule has 0 spiro atoms. The number of halogens is 1. The van der Waals surface area contributed by atoms with Gasteiger partial charge in [0.2, 0.25) is 0 Å². The number of phenolic OH excluding ortho intramolecular Hbond substituents is 1. The van der Waals surface area contributed by atoms with E-state index in [9.17, 15) is 14.6 Å². The number of benzene rings is 1. The third-order valence-corrected chi connectivity index (χ3v) is 9.16.